The molecule has 0 atom stereocenters. The van der Waals surface area contributed by atoms with Gasteiger partial charge in [-0.2, -0.15) is 4.80 Å². The molecule has 4 rings (SSSR count). The van der Waals surface area contributed by atoms with E-state index >= 15 is 0 Å². The lowest BCUT2D eigenvalue weighted by Crippen LogP contribution is -2.13. The molecular formula is C22H18BrFN4O2. The summed E-state index contributed by atoms with van der Waals surface area (Å²) >= 11 is 3.43. The second kappa shape index (κ2) is 8.23. The van der Waals surface area contributed by atoms with Crippen molar-refractivity contribution >= 4 is 38.6 Å². The smallest absolute Gasteiger partial charge is 0.255 e. The molecule has 152 valence electrons. The number of nitrogens with zero attached hydrogens (tertiary/aromatic N) is 3. The van der Waals surface area contributed by atoms with Gasteiger partial charge < -0.3 is 10.1 Å². The molecule has 0 fully saturated rings. The van der Waals surface area contributed by atoms with E-state index in [1.807, 2.05) is 19.9 Å². The van der Waals surface area contributed by atoms with E-state index in [1.165, 1.54) is 16.9 Å². The summed E-state index contributed by atoms with van der Waals surface area (Å²) in [4.78, 5) is 14.2. The standard InChI is InChI=1S/C22H18BrFN4O2/c1-3-30-21-9-4-14(11-17(21)23)22(29)25-18-12-20-19(10-13(18)2)26-28(27-20)16-7-5-15(24)6-8-16/h4-12H,3H2,1-2H3,(H,25,29). The van der Waals surface area contributed by atoms with Crippen LogP contribution in [0.3, 0.4) is 0 Å². The molecule has 0 aliphatic heterocycles. The Bertz CT molecular complexity index is 1240. The summed E-state index contributed by atoms with van der Waals surface area (Å²) in [5, 5.41) is 11.8. The fourth-order valence-corrected chi connectivity index (χ4v) is 3.49. The highest BCUT2D eigenvalue weighted by atomic mass is 79.9. The molecule has 6 nitrogen and oxygen atoms in total. The number of anilines is 1. The molecule has 1 amide bonds. The second-order valence-electron chi connectivity index (χ2n) is 6.65. The van der Waals surface area contributed by atoms with Crippen LogP contribution in [0.15, 0.2) is 59.1 Å². The number of halogens is 2. The van der Waals surface area contributed by atoms with Gasteiger partial charge in [-0.1, -0.05) is 0 Å². The number of fused-ring (bicyclic) bond motifs is 1. The van der Waals surface area contributed by atoms with Crippen molar-refractivity contribution in [3.63, 3.8) is 0 Å². The monoisotopic (exact) mass is 468 g/mol. The normalized spacial score (nSPS) is 10.9. The molecule has 0 bridgehead atoms. The van der Waals surface area contributed by atoms with Crippen LogP contribution in [0.2, 0.25) is 0 Å². The third-order valence-electron chi connectivity index (χ3n) is 4.53. The SMILES string of the molecule is CCOc1ccc(C(=O)Nc2cc3nn(-c4ccc(F)cc4)nc3cc2C)cc1Br. The van der Waals surface area contributed by atoms with Gasteiger partial charge in [0.1, 0.15) is 22.6 Å². The second-order valence-corrected chi connectivity index (χ2v) is 7.51. The Kier molecular flexibility index (Phi) is 5.50. The Hall–Kier alpha value is -3.26. The van der Waals surface area contributed by atoms with E-state index < -0.39 is 0 Å². The first-order valence-electron chi connectivity index (χ1n) is 9.32. The maximum atomic E-state index is 13.2. The summed E-state index contributed by atoms with van der Waals surface area (Å²) < 4.78 is 19.4. The molecule has 0 saturated heterocycles. The number of hydrogen-bond acceptors (Lipinski definition) is 4. The summed E-state index contributed by atoms with van der Waals surface area (Å²) in [6, 6.07) is 14.7. The predicted molar refractivity (Wildman–Crippen MR) is 117 cm³/mol. The number of benzene rings is 3. The van der Waals surface area contributed by atoms with E-state index in [1.54, 1.807) is 36.4 Å². The Morgan fingerprint density at radius 2 is 1.80 bits per heavy atom. The first kappa shape index (κ1) is 20.0. The van der Waals surface area contributed by atoms with Gasteiger partial charge >= 0.3 is 0 Å². The van der Waals surface area contributed by atoms with Crippen molar-refractivity contribution in [1.82, 2.24) is 15.0 Å². The van der Waals surface area contributed by atoms with E-state index in [4.69, 9.17) is 4.74 Å². The van der Waals surface area contributed by atoms with Gasteiger partial charge in [0, 0.05) is 11.3 Å². The van der Waals surface area contributed by atoms with E-state index in [0.717, 1.165) is 5.56 Å². The zero-order chi connectivity index (χ0) is 21.3. The molecular weight excluding hydrogens is 451 g/mol. The molecule has 1 heterocycles. The van der Waals surface area contributed by atoms with E-state index in [-0.39, 0.29) is 11.7 Å². The van der Waals surface area contributed by atoms with Crippen LogP contribution in [0.4, 0.5) is 10.1 Å². The van der Waals surface area contributed by atoms with Crippen molar-refractivity contribution < 1.29 is 13.9 Å². The van der Waals surface area contributed by atoms with Gasteiger partial charge in [-0.05, 0) is 89.9 Å². The summed E-state index contributed by atoms with van der Waals surface area (Å²) in [5.41, 5.74) is 3.94. The maximum Gasteiger partial charge on any atom is 0.255 e. The van der Waals surface area contributed by atoms with Gasteiger partial charge in [0.15, 0.2) is 0 Å². The summed E-state index contributed by atoms with van der Waals surface area (Å²) in [7, 11) is 0. The Morgan fingerprint density at radius 1 is 1.10 bits per heavy atom. The number of rotatable bonds is 5. The van der Waals surface area contributed by atoms with Crippen molar-refractivity contribution in [2.24, 2.45) is 0 Å². The number of hydrogen-bond donors (Lipinski definition) is 1. The van der Waals surface area contributed by atoms with Crippen LogP contribution in [0.25, 0.3) is 16.7 Å². The topological polar surface area (TPSA) is 69.0 Å². The van der Waals surface area contributed by atoms with Crippen LogP contribution in [0.1, 0.15) is 22.8 Å². The van der Waals surface area contributed by atoms with E-state index in [9.17, 15) is 9.18 Å². The van der Waals surface area contributed by atoms with Gasteiger partial charge in [0.2, 0.25) is 0 Å². The summed E-state index contributed by atoms with van der Waals surface area (Å²) in [5.74, 6) is 0.119. The minimum atomic E-state index is -0.322. The average molecular weight is 469 g/mol. The van der Waals surface area contributed by atoms with Crippen molar-refractivity contribution in [3.05, 3.63) is 76.0 Å². The van der Waals surface area contributed by atoms with E-state index in [2.05, 4.69) is 31.4 Å². The summed E-state index contributed by atoms with van der Waals surface area (Å²) in [6.07, 6.45) is 0. The van der Waals surface area contributed by atoms with Crippen molar-refractivity contribution in [2.45, 2.75) is 13.8 Å². The molecule has 0 radical (unpaired) electrons. The number of carbonyl (C=O) groups excluding carboxylic acids is 1. The molecule has 1 aromatic heterocycles. The zero-order valence-electron chi connectivity index (χ0n) is 16.3. The molecule has 0 unspecified atom stereocenters. The number of ether oxygens (including phenoxy) is 1. The van der Waals surface area contributed by atoms with Crippen LogP contribution < -0.4 is 10.1 Å². The highest BCUT2D eigenvalue weighted by Crippen LogP contribution is 2.27. The van der Waals surface area contributed by atoms with Crippen LogP contribution in [0, 0.1) is 12.7 Å². The third-order valence-corrected chi connectivity index (χ3v) is 5.15. The Balaban J connectivity index is 1.61. The zero-order valence-corrected chi connectivity index (χ0v) is 17.9. The van der Waals surface area contributed by atoms with Crippen molar-refractivity contribution in [1.29, 1.82) is 0 Å². The van der Waals surface area contributed by atoms with Crippen LogP contribution in [0.5, 0.6) is 5.75 Å². The van der Waals surface area contributed by atoms with Crippen molar-refractivity contribution in [3.8, 4) is 11.4 Å². The maximum absolute atomic E-state index is 13.2. The first-order chi connectivity index (χ1) is 14.4. The third kappa shape index (κ3) is 4.04. The molecule has 0 saturated carbocycles. The Morgan fingerprint density at radius 3 is 2.47 bits per heavy atom. The molecule has 4 aromatic rings. The van der Waals surface area contributed by atoms with Gasteiger partial charge in [-0.25, -0.2) is 4.39 Å². The molecule has 3 aromatic carbocycles. The molecule has 0 aliphatic rings. The number of aromatic nitrogens is 3. The fraction of sp³-hybridized carbons (Fsp3) is 0.136. The fourth-order valence-electron chi connectivity index (χ4n) is 3.00. The van der Waals surface area contributed by atoms with E-state index in [0.29, 0.717) is 44.8 Å². The van der Waals surface area contributed by atoms with Gasteiger partial charge in [-0.3, -0.25) is 4.79 Å². The number of carbonyl (C=O) groups is 1. The van der Waals surface area contributed by atoms with Gasteiger partial charge in [0.25, 0.3) is 5.91 Å². The highest BCUT2D eigenvalue weighted by Gasteiger charge is 2.13. The lowest BCUT2D eigenvalue weighted by molar-refractivity contribution is 0.102. The first-order valence-corrected chi connectivity index (χ1v) is 10.1. The predicted octanol–water partition coefficient (Wildman–Crippen LogP) is 5.28. The molecule has 30 heavy (non-hydrogen) atoms. The van der Waals surface area contributed by atoms with Crippen LogP contribution in [-0.2, 0) is 0 Å². The van der Waals surface area contributed by atoms with Crippen LogP contribution in [-0.4, -0.2) is 27.5 Å². The number of nitrogens with one attached hydrogen (secondary N) is 1. The molecule has 1 N–H and O–H groups in total. The van der Waals surface area contributed by atoms with Gasteiger partial charge in [-0.15, -0.1) is 10.2 Å². The lowest BCUT2D eigenvalue weighted by atomic mass is 10.1. The summed E-state index contributed by atoms with van der Waals surface area (Å²) in [6.45, 7) is 4.33. The largest absolute Gasteiger partial charge is 0.493 e. The van der Waals surface area contributed by atoms with Crippen LogP contribution >= 0.6 is 15.9 Å². The molecule has 0 aliphatic carbocycles. The van der Waals surface area contributed by atoms with Gasteiger partial charge in [0.05, 0.1) is 16.8 Å². The number of amides is 1. The average Bonchev–Trinajstić information content (AvgIpc) is 3.13. The quantitative estimate of drug-likeness (QED) is 0.432. The molecule has 0 spiro atoms. The highest BCUT2D eigenvalue weighted by molar-refractivity contribution is 9.10. The lowest BCUT2D eigenvalue weighted by Gasteiger charge is -2.10. The number of aryl methyl sites for hydroxylation is 1. The van der Waals surface area contributed by atoms with Crippen molar-refractivity contribution in [2.75, 3.05) is 11.9 Å². The minimum absolute atomic E-state index is 0.243. The molecule has 8 heteroatoms. The minimum Gasteiger partial charge on any atom is -0.493 e. The Labute approximate surface area is 180 Å².